The number of fused-ring (bicyclic) bond motifs is 3. The van der Waals surface area contributed by atoms with Crippen LogP contribution in [0.4, 0.5) is 0 Å². The van der Waals surface area contributed by atoms with Crippen molar-refractivity contribution in [3.05, 3.63) is 35.5 Å². The van der Waals surface area contributed by atoms with E-state index in [1.807, 2.05) is 12.1 Å². The van der Waals surface area contributed by atoms with Crippen LogP contribution in [0.3, 0.4) is 0 Å². The van der Waals surface area contributed by atoms with Gasteiger partial charge >= 0.3 is 5.97 Å². The fraction of sp³-hybridized carbons (Fsp3) is 0.438. The molecule has 0 aliphatic carbocycles. The summed E-state index contributed by atoms with van der Waals surface area (Å²) in [6.07, 6.45) is 2.21. The first kappa shape index (κ1) is 13.2. The van der Waals surface area contributed by atoms with Crippen molar-refractivity contribution in [1.29, 1.82) is 0 Å². The molecule has 1 aromatic carbocycles. The Labute approximate surface area is 118 Å². The molecule has 1 aliphatic rings. The van der Waals surface area contributed by atoms with Gasteiger partial charge < -0.3 is 10.1 Å². The zero-order valence-corrected chi connectivity index (χ0v) is 11.7. The van der Waals surface area contributed by atoms with Crippen molar-refractivity contribution < 1.29 is 9.90 Å². The van der Waals surface area contributed by atoms with Crippen molar-refractivity contribution in [2.75, 3.05) is 13.1 Å². The van der Waals surface area contributed by atoms with Gasteiger partial charge in [0.25, 0.3) is 0 Å². The van der Waals surface area contributed by atoms with Crippen molar-refractivity contribution in [2.24, 2.45) is 0 Å². The standard InChI is InChI=1S/C16H20N2O2/c1-2-8-18-9-7-12-11-5-3-4-6-13(11)17-16(12)14(18)10-15(19)20/h3-6,14,17H,2,7-10H2,1H3,(H,19,20). The molecule has 0 radical (unpaired) electrons. The van der Waals surface area contributed by atoms with Gasteiger partial charge in [0.05, 0.1) is 12.5 Å². The lowest BCUT2D eigenvalue weighted by Gasteiger charge is -2.34. The van der Waals surface area contributed by atoms with Crippen LogP contribution in [0.25, 0.3) is 10.9 Å². The van der Waals surface area contributed by atoms with Gasteiger partial charge in [-0.25, -0.2) is 0 Å². The van der Waals surface area contributed by atoms with E-state index in [-0.39, 0.29) is 12.5 Å². The predicted molar refractivity (Wildman–Crippen MR) is 78.9 cm³/mol. The van der Waals surface area contributed by atoms with Gasteiger partial charge in [0.2, 0.25) is 0 Å². The number of benzene rings is 1. The maximum Gasteiger partial charge on any atom is 0.305 e. The van der Waals surface area contributed by atoms with Crippen LogP contribution in [-0.4, -0.2) is 34.0 Å². The summed E-state index contributed by atoms with van der Waals surface area (Å²) < 4.78 is 0. The van der Waals surface area contributed by atoms with Crippen LogP contribution in [0.2, 0.25) is 0 Å². The molecule has 0 saturated carbocycles. The highest BCUT2D eigenvalue weighted by molar-refractivity contribution is 5.85. The zero-order valence-electron chi connectivity index (χ0n) is 11.7. The van der Waals surface area contributed by atoms with Gasteiger partial charge in [0.15, 0.2) is 0 Å². The maximum atomic E-state index is 11.2. The zero-order chi connectivity index (χ0) is 14.1. The number of aromatic nitrogens is 1. The van der Waals surface area contributed by atoms with E-state index in [1.54, 1.807) is 0 Å². The van der Waals surface area contributed by atoms with E-state index in [9.17, 15) is 9.90 Å². The minimum Gasteiger partial charge on any atom is -0.481 e. The molecule has 0 bridgehead atoms. The van der Waals surface area contributed by atoms with Gasteiger partial charge in [-0.2, -0.15) is 0 Å². The normalized spacial score (nSPS) is 19.1. The molecule has 0 saturated heterocycles. The second-order valence-corrected chi connectivity index (χ2v) is 5.46. The van der Waals surface area contributed by atoms with Crippen LogP contribution in [0.5, 0.6) is 0 Å². The van der Waals surface area contributed by atoms with Crippen molar-refractivity contribution >= 4 is 16.9 Å². The van der Waals surface area contributed by atoms with Crippen molar-refractivity contribution in [2.45, 2.75) is 32.2 Å². The first-order valence-electron chi connectivity index (χ1n) is 7.26. The highest BCUT2D eigenvalue weighted by atomic mass is 16.4. The topological polar surface area (TPSA) is 56.3 Å². The number of rotatable bonds is 4. The van der Waals surface area contributed by atoms with Gasteiger partial charge in [-0.1, -0.05) is 25.1 Å². The number of nitrogens with zero attached hydrogens (tertiary/aromatic N) is 1. The molecule has 0 fully saturated rings. The van der Waals surface area contributed by atoms with Crippen LogP contribution in [0, 0.1) is 0 Å². The number of hydrogen-bond donors (Lipinski definition) is 2. The van der Waals surface area contributed by atoms with E-state index in [0.29, 0.717) is 0 Å². The highest BCUT2D eigenvalue weighted by Gasteiger charge is 2.31. The van der Waals surface area contributed by atoms with Crippen molar-refractivity contribution in [3.8, 4) is 0 Å². The number of carboxylic acids is 1. The molecule has 2 heterocycles. The summed E-state index contributed by atoms with van der Waals surface area (Å²) in [5.41, 5.74) is 3.53. The molecule has 4 heteroatoms. The van der Waals surface area contributed by atoms with Gasteiger partial charge in [0.1, 0.15) is 0 Å². The fourth-order valence-corrected chi connectivity index (χ4v) is 3.32. The van der Waals surface area contributed by atoms with Crippen molar-refractivity contribution in [3.63, 3.8) is 0 Å². The Morgan fingerprint density at radius 3 is 3.00 bits per heavy atom. The first-order valence-corrected chi connectivity index (χ1v) is 7.26. The number of aromatic amines is 1. The lowest BCUT2D eigenvalue weighted by atomic mass is 9.95. The minimum atomic E-state index is -0.734. The van der Waals surface area contributed by atoms with E-state index >= 15 is 0 Å². The summed E-state index contributed by atoms with van der Waals surface area (Å²) in [6, 6.07) is 8.22. The first-order chi connectivity index (χ1) is 9.70. The monoisotopic (exact) mass is 272 g/mol. The Hall–Kier alpha value is -1.81. The lowest BCUT2D eigenvalue weighted by molar-refractivity contribution is -0.138. The number of aliphatic carboxylic acids is 1. The van der Waals surface area contributed by atoms with E-state index in [1.165, 1.54) is 10.9 Å². The second-order valence-electron chi connectivity index (χ2n) is 5.46. The largest absolute Gasteiger partial charge is 0.481 e. The smallest absolute Gasteiger partial charge is 0.305 e. The lowest BCUT2D eigenvalue weighted by Crippen LogP contribution is -2.37. The van der Waals surface area contributed by atoms with Crippen LogP contribution < -0.4 is 0 Å². The van der Waals surface area contributed by atoms with Crippen molar-refractivity contribution in [1.82, 2.24) is 9.88 Å². The number of carboxylic acid groups (broad SMARTS) is 1. The molecule has 2 aromatic rings. The average Bonchev–Trinajstić information content (AvgIpc) is 2.80. The molecule has 1 atom stereocenters. The Kier molecular flexibility index (Phi) is 3.49. The molecular weight excluding hydrogens is 252 g/mol. The molecule has 1 unspecified atom stereocenters. The van der Waals surface area contributed by atoms with E-state index in [0.717, 1.165) is 37.1 Å². The van der Waals surface area contributed by atoms with E-state index in [4.69, 9.17) is 0 Å². The van der Waals surface area contributed by atoms with E-state index in [2.05, 4.69) is 28.9 Å². The third-order valence-electron chi connectivity index (χ3n) is 4.15. The second kappa shape index (κ2) is 5.29. The van der Waals surface area contributed by atoms with Crippen LogP contribution in [-0.2, 0) is 11.2 Å². The highest BCUT2D eigenvalue weighted by Crippen LogP contribution is 2.36. The Bertz CT molecular complexity index is 632. The van der Waals surface area contributed by atoms with Gasteiger partial charge in [-0.15, -0.1) is 0 Å². The Morgan fingerprint density at radius 1 is 1.45 bits per heavy atom. The van der Waals surface area contributed by atoms with Crippen LogP contribution in [0.15, 0.2) is 24.3 Å². The third-order valence-corrected chi connectivity index (χ3v) is 4.15. The van der Waals surface area contributed by atoms with Gasteiger partial charge in [-0.3, -0.25) is 9.69 Å². The Balaban J connectivity index is 2.06. The number of hydrogen-bond acceptors (Lipinski definition) is 2. The van der Waals surface area contributed by atoms with Gasteiger partial charge in [0, 0.05) is 23.1 Å². The number of H-pyrrole nitrogens is 1. The van der Waals surface area contributed by atoms with Gasteiger partial charge in [-0.05, 0) is 31.0 Å². The fourth-order valence-electron chi connectivity index (χ4n) is 3.32. The number of carbonyl (C=O) groups is 1. The predicted octanol–water partition coefficient (Wildman–Crippen LogP) is 2.95. The summed E-state index contributed by atoms with van der Waals surface area (Å²) in [4.78, 5) is 17.0. The number of para-hydroxylation sites is 1. The number of nitrogens with one attached hydrogen (secondary N) is 1. The molecule has 2 N–H and O–H groups in total. The summed E-state index contributed by atoms with van der Waals surface area (Å²) >= 11 is 0. The SMILES string of the molecule is CCCN1CCc2c([nH]c3ccccc23)C1CC(=O)O. The molecule has 1 aromatic heterocycles. The average molecular weight is 272 g/mol. The summed E-state index contributed by atoms with van der Waals surface area (Å²) in [7, 11) is 0. The van der Waals surface area contributed by atoms with Crippen LogP contribution >= 0.6 is 0 Å². The molecule has 4 nitrogen and oxygen atoms in total. The Morgan fingerprint density at radius 2 is 2.25 bits per heavy atom. The molecule has 0 amide bonds. The molecular formula is C16H20N2O2. The van der Waals surface area contributed by atoms with Crippen LogP contribution in [0.1, 0.15) is 37.1 Å². The molecule has 106 valence electrons. The molecule has 1 aliphatic heterocycles. The third kappa shape index (κ3) is 2.20. The summed E-state index contributed by atoms with van der Waals surface area (Å²) in [5, 5.41) is 10.5. The summed E-state index contributed by atoms with van der Waals surface area (Å²) in [5.74, 6) is -0.734. The quantitative estimate of drug-likeness (QED) is 0.899. The molecule has 0 spiro atoms. The maximum absolute atomic E-state index is 11.2. The summed E-state index contributed by atoms with van der Waals surface area (Å²) in [6.45, 7) is 4.03. The molecule has 20 heavy (non-hydrogen) atoms. The van der Waals surface area contributed by atoms with E-state index < -0.39 is 5.97 Å². The minimum absolute atomic E-state index is 0.0244. The molecule has 3 rings (SSSR count).